The van der Waals surface area contributed by atoms with Crippen molar-refractivity contribution in [2.75, 3.05) is 19.7 Å². The molecule has 1 aliphatic heterocycles. The highest BCUT2D eigenvalue weighted by Gasteiger charge is 2.24. The summed E-state index contributed by atoms with van der Waals surface area (Å²) in [5.41, 5.74) is 1.72. The molecule has 0 aromatic carbocycles. The maximum atomic E-state index is 12.0. The summed E-state index contributed by atoms with van der Waals surface area (Å²) < 4.78 is 10.4. The van der Waals surface area contributed by atoms with Gasteiger partial charge in [0, 0.05) is 37.9 Å². The molecule has 128 valence electrons. The number of nitrogens with one attached hydrogen (secondary N) is 1. The van der Waals surface area contributed by atoms with Crippen LogP contribution in [0.2, 0.25) is 0 Å². The zero-order valence-corrected chi connectivity index (χ0v) is 13.9. The number of hydrogen-bond donors (Lipinski definition) is 1. The summed E-state index contributed by atoms with van der Waals surface area (Å²) in [6, 6.07) is 5.82. The first-order valence-corrected chi connectivity index (χ1v) is 8.37. The van der Waals surface area contributed by atoms with Gasteiger partial charge in [0.05, 0.1) is 18.4 Å². The standard InChI is InChI=1S/C18H23N3O3/c1-2-8-24-17-4-3-14(10-19-17)11-21-7-5-16(12-21)20-18(22)15-6-9-23-13-15/h3-4,6,9-10,13,16H,2,5,7-8,11-12H2,1H3,(H,20,22)/t16-/m1/s1. The van der Waals surface area contributed by atoms with Crippen molar-refractivity contribution in [1.29, 1.82) is 0 Å². The van der Waals surface area contributed by atoms with Crippen LogP contribution < -0.4 is 10.1 Å². The predicted octanol–water partition coefficient (Wildman–Crippen LogP) is 2.47. The zero-order chi connectivity index (χ0) is 16.8. The Morgan fingerprint density at radius 1 is 1.46 bits per heavy atom. The smallest absolute Gasteiger partial charge is 0.254 e. The van der Waals surface area contributed by atoms with Gasteiger partial charge in [0.25, 0.3) is 5.91 Å². The molecule has 24 heavy (non-hydrogen) atoms. The summed E-state index contributed by atoms with van der Waals surface area (Å²) in [6.45, 7) is 5.40. The minimum absolute atomic E-state index is 0.0744. The summed E-state index contributed by atoms with van der Waals surface area (Å²) in [7, 11) is 0. The molecular formula is C18H23N3O3. The Hall–Kier alpha value is -2.34. The maximum Gasteiger partial charge on any atom is 0.254 e. The normalized spacial score (nSPS) is 17.8. The second-order valence-corrected chi connectivity index (χ2v) is 6.06. The lowest BCUT2D eigenvalue weighted by Crippen LogP contribution is -2.36. The lowest BCUT2D eigenvalue weighted by Gasteiger charge is -2.16. The number of amides is 1. The van der Waals surface area contributed by atoms with Gasteiger partial charge in [-0.15, -0.1) is 0 Å². The van der Waals surface area contributed by atoms with Gasteiger partial charge in [-0.05, 0) is 24.5 Å². The molecule has 1 aliphatic rings. The second-order valence-electron chi connectivity index (χ2n) is 6.06. The molecule has 6 heteroatoms. The first-order valence-electron chi connectivity index (χ1n) is 8.37. The highest BCUT2D eigenvalue weighted by atomic mass is 16.5. The Morgan fingerprint density at radius 2 is 2.38 bits per heavy atom. The van der Waals surface area contributed by atoms with Gasteiger partial charge in [0.1, 0.15) is 6.26 Å². The van der Waals surface area contributed by atoms with Crippen LogP contribution in [0.25, 0.3) is 0 Å². The van der Waals surface area contributed by atoms with E-state index in [2.05, 4.69) is 28.2 Å². The molecule has 3 rings (SSSR count). The molecule has 0 radical (unpaired) electrons. The van der Waals surface area contributed by atoms with E-state index in [0.717, 1.165) is 38.0 Å². The number of pyridine rings is 1. The molecule has 1 atom stereocenters. The van der Waals surface area contributed by atoms with E-state index < -0.39 is 0 Å². The fourth-order valence-electron chi connectivity index (χ4n) is 2.81. The van der Waals surface area contributed by atoms with Gasteiger partial charge in [-0.3, -0.25) is 9.69 Å². The van der Waals surface area contributed by atoms with Crippen molar-refractivity contribution in [2.24, 2.45) is 0 Å². The third-order valence-corrected chi connectivity index (χ3v) is 4.05. The van der Waals surface area contributed by atoms with Crippen molar-refractivity contribution < 1.29 is 13.9 Å². The molecule has 1 amide bonds. The van der Waals surface area contributed by atoms with Crippen LogP contribution in [0, 0.1) is 0 Å². The third-order valence-electron chi connectivity index (χ3n) is 4.05. The van der Waals surface area contributed by atoms with Gasteiger partial charge in [-0.25, -0.2) is 4.98 Å². The van der Waals surface area contributed by atoms with Crippen LogP contribution in [0.3, 0.4) is 0 Å². The number of likely N-dealkylation sites (tertiary alicyclic amines) is 1. The van der Waals surface area contributed by atoms with Crippen molar-refractivity contribution in [3.8, 4) is 5.88 Å². The summed E-state index contributed by atoms with van der Waals surface area (Å²) >= 11 is 0. The molecule has 1 N–H and O–H groups in total. The summed E-state index contributed by atoms with van der Waals surface area (Å²) in [6.07, 6.45) is 6.77. The monoisotopic (exact) mass is 329 g/mol. The zero-order valence-electron chi connectivity index (χ0n) is 13.9. The summed E-state index contributed by atoms with van der Waals surface area (Å²) in [5, 5.41) is 3.05. The Kier molecular flexibility index (Phi) is 5.48. The van der Waals surface area contributed by atoms with Crippen molar-refractivity contribution in [2.45, 2.75) is 32.4 Å². The molecule has 0 bridgehead atoms. The summed E-state index contributed by atoms with van der Waals surface area (Å²) in [5.74, 6) is 0.599. The largest absolute Gasteiger partial charge is 0.478 e. The molecule has 1 fully saturated rings. The first kappa shape index (κ1) is 16.5. The lowest BCUT2D eigenvalue weighted by molar-refractivity contribution is 0.0937. The van der Waals surface area contributed by atoms with E-state index >= 15 is 0 Å². The Morgan fingerprint density at radius 3 is 3.08 bits per heavy atom. The highest BCUT2D eigenvalue weighted by molar-refractivity contribution is 5.93. The van der Waals surface area contributed by atoms with E-state index in [-0.39, 0.29) is 11.9 Å². The number of ether oxygens (including phenoxy) is 1. The topological polar surface area (TPSA) is 67.6 Å². The van der Waals surface area contributed by atoms with Crippen molar-refractivity contribution in [3.63, 3.8) is 0 Å². The highest BCUT2D eigenvalue weighted by Crippen LogP contribution is 2.15. The number of carbonyl (C=O) groups is 1. The van der Waals surface area contributed by atoms with Crippen molar-refractivity contribution >= 4 is 5.91 Å². The van der Waals surface area contributed by atoms with Gasteiger partial charge < -0.3 is 14.5 Å². The van der Waals surface area contributed by atoms with Gasteiger partial charge in [-0.1, -0.05) is 13.0 Å². The van der Waals surface area contributed by atoms with Gasteiger partial charge in [0.2, 0.25) is 5.88 Å². The van der Waals surface area contributed by atoms with Gasteiger partial charge in [0.15, 0.2) is 0 Å². The Bertz CT molecular complexity index is 640. The lowest BCUT2D eigenvalue weighted by atomic mass is 10.2. The minimum Gasteiger partial charge on any atom is -0.478 e. The van der Waals surface area contributed by atoms with Crippen LogP contribution >= 0.6 is 0 Å². The van der Waals surface area contributed by atoms with Crippen LogP contribution in [-0.2, 0) is 6.54 Å². The molecule has 0 aliphatic carbocycles. The molecule has 2 aromatic heterocycles. The average molecular weight is 329 g/mol. The van der Waals surface area contributed by atoms with Crippen LogP contribution in [0.15, 0.2) is 41.3 Å². The van der Waals surface area contributed by atoms with E-state index in [0.29, 0.717) is 18.1 Å². The fourth-order valence-corrected chi connectivity index (χ4v) is 2.81. The Labute approximate surface area is 141 Å². The van der Waals surface area contributed by atoms with Crippen LogP contribution in [-0.4, -0.2) is 41.5 Å². The van der Waals surface area contributed by atoms with E-state index in [4.69, 9.17) is 9.15 Å². The van der Waals surface area contributed by atoms with Crippen molar-refractivity contribution in [3.05, 3.63) is 48.0 Å². The SMILES string of the molecule is CCCOc1ccc(CN2CC[C@@H](NC(=O)c3ccoc3)C2)cn1. The van der Waals surface area contributed by atoms with Crippen LogP contribution in [0.5, 0.6) is 5.88 Å². The van der Waals surface area contributed by atoms with E-state index in [1.807, 2.05) is 12.3 Å². The molecule has 6 nitrogen and oxygen atoms in total. The van der Waals surface area contributed by atoms with Crippen LogP contribution in [0.1, 0.15) is 35.7 Å². The number of furan rings is 1. The molecule has 3 heterocycles. The number of rotatable bonds is 7. The molecule has 0 unspecified atom stereocenters. The molecular weight excluding hydrogens is 306 g/mol. The molecule has 1 saturated heterocycles. The third kappa shape index (κ3) is 4.35. The van der Waals surface area contributed by atoms with Gasteiger partial charge in [-0.2, -0.15) is 0 Å². The Balaban J connectivity index is 1.46. The number of nitrogens with zero attached hydrogens (tertiary/aromatic N) is 2. The maximum absolute atomic E-state index is 12.0. The van der Waals surface area contributed by atoms with E-state index in [1.54, 1.807) is 6.07 Å². The van der Waals surface area contributed by atoms with E-state index in [1.165, 1.54) is 12.5 Å². The van der Waals surface area contributed by atoms with Crippen molar-refractivity contribution in [1.82, 2.24) is 15.2 Å². The average Bonchev–Trinajstić information content (AvgIpc) is 3.26. The van der Waals surface area contributed by atoms with Gasteiger partial charge >= 0.3 is 0 Å². The van der Waals surface area contributed by atoms with E-state index in [9.17, 15) is 4.79 Å². The second kappa shape index (κ2) is 7.97. The molecule has 2 aromatic rings. The van der Waals surface area contributed by atoms with Crippen LogP contribution in [0.4, 0.5) is 0 Å². The minimum atomic E-state index is -0.0744. The molecule has 0 spiro atoms. The predicted molar refractivity (Wildman–Crippen MR) is 89.9 cm³/mol. The fraction of sp³-hybridized carbons (Fsp3) is 0.444. The quantitative estimate of drug-likeness (QED) is 0.845. The molecule has 0 saturated carbocycles. The summed E-state index contributed by atoms with van der Waals surface area (Å²) in [4.78, 5) is 18.7. The number of aromatic nitrogens is 1. The number of carbonyl (C=O) groups excluding carboxylic acids is 1. The number of hydrogen-bond acceptors (Lipinski definition) is 5. The first-order chi connectivity index (χ1) is 11.7.